The van der Waals surface area contributed by atoms with E-state index in [2.05, 4.69) is 37.2 Å². The molecule has 0 aliphatic carbocycles. The molecule has 0 aliphatic rings. The number of nitrogens with two attached hydrogens (primary N) is 2. The van der Waals surface area contributed by atoms with Gasteiger partial charge < -0.3 is 74.2 Å². The van der Waals surface area contributed by atoms with E-state index in [-0.39, 0.29) is 25.0 Å². The highest BCUT2D eigenvalue weighted by atomic mass is 16.4. The third-order valence-electron chi connectivity index (χ3n) is 10.2. The summed E-state index contributed by atoms with van der Waals surface area (Å²) in [4.78, 5) is 130. The molecule has 372 valence electrons. The van der Waals surface area contributed by atoms with Gasteiger partial charge in [-0.05, 0) is 42.7 Å². The summed E-state index contributed by atoms with van der Waals surface area (Å²) in [6.07, 6.45) is -6.09. The van der Waals surface area contributed by atoms with Gasteiger partial charge >= 0.3 is 11.9 Å². The molecule has 0 heterocycles. The van der Waals surface area contributed by atoms with Crippen molar-refractivity contribution in [1.29, 1.82) is 0 Å². The van der Waals surface area contributed by atoms with E-state index >= 15 is 0 Å². The molecule has 3 rings (SSSR count). The van der Waals surface area contributed by atoms with E-state index in [0.29, 0.717) is 16.7 Å². The summed E-state index contributed by atoms with van der Waals surface area (Å²) < 4.78 is 0. The molecule has 0 aliphatic heterocycles. The molecule has 0 fully saturated rings. The number of hydrogen-bond donors (Lipinski definition) is 14. The molecule has 24 nitrogen and oxygen atoms in total. The number of benzene rings is 3. The zero-order valence-electron chi connectivity index (χ0n) is 37.5. The summed E-state index contributed by atoms with van der Waals surface area (Å²) in [7, 11) is 0. The lowest BCUT2D eigenvalue weighted by atomic mass is 10.0. The first-order valence-electron chi connectivity index (χ1n) is 21.3. The number of amides is 8. The Morgan fingerprint density at radius 3 is 1.25 bits per heavy atom. The second-order valence-corrected chi connectivity index (χ2v) is 15.9. The van der Waals surface area contributed by atoms with Crippen LogP contribution >= 0.6 is 0 Å². The maximum atomic E-state index is 14.0. The number of aliphatic hydroxyl groups is 2. The molecule has 0 bridgehead atoms. The zero-order valence-corrected chi connectivity index (χ0v) is 37.5. The molecule has 0 aromatic heterocycles. The minimum atomic E-state index is -2.07. The number of carboxylic acids is 2. The summed E-state index contributed by atoms with van der Waals surface area (Å²) in [6.45, 7) is 1.76. The van der Waals surface area contributed by atoms with Gasteiger partial charge in [-0.15, -0.1) is 0 Å². The number of hydrogen-bond acceptors (Lipinski definition) is 14. The molecular formula is C45H57N9O15. The number of carbonyl (C=O) groups excluding carboxylic acids is 8. The second kappa shape index (κ2) is 27.0. The van der Waals surface area contributed by atoms with Crippen molar-refractivity contribution >= 4 is 59.2 Å². The van der Waals surface area contributed by atoms with Gasteiger partial charge in [0.05, 0.1) is 31.6 Å². The fourth-order valence-electron chi connectivity index (χ4n) is 6.62. The average molecular weight is 964 g/mol. The van der Waals surface area contributed by atoms with E-state index < -0.39 is 133 Å². The number of phenolic OH excluding ortho intramolecular Hbond substituents is 1. The fourth-order valence-corrected chi connectivity index (χ4v) is 6.62. The Morgan fingerprint density at radius 1 is 0.478 bits per heavy atom. The quantitative estimate of drug-likeness (QED) is 0.0346. The molecule has 3 aromatic rings. The van der Waals surface area contributed by atoms with Crippen LogP contribution in [0.1, 0.15) is 43.4 Å². The number of aromatic hydroxyl groups is 1. The molecule has 0 spiro atoms. The number of phenols is 1. The maximum Gasteiger partial charge on any atom is 0.326 e. The molecule has 0 radical (unpaired) electrons. The molecule has 24 heteroatoms. The number of carbonyl (C=O) groups is 10. The highest BCUT2D eigenvalue weighted by molar-refractivity contribution is 5.99. The van der Waals surface area contributed by atoms with Crippen LogP contribution in [0, 0.1) is 0 Å². The Balaban J connectivity index is 1.85. The van der Waals surface area contributed by atoms with Gasteiger partial charge in [0.25, 0.3) is 0 Å². The second-order valence-electron chi connectivity index (χ2n) is 15.9. The zero-order chi connectivity index (χ0) is 51.4. The van der Waals surface area contributed by atoms with Crippen LogP contribution in [-0.4, -0.2) is 146 Å². The Kier molecular flexibility index (Phi) is 21.7. The van der Waals surface area contributed by atoms with Gasteiger partial charge in [0.1, 0.15) is 48.0 Å². The summed E-state index contributed by atoms with van der Waals surface area (Å²) in [6, 6.07) is 9.70. The minimum Gasteiger partial charge on any atom is -0.508 e. The molecule has 0 unspecified atom stereocenters. The van der Waals surface area contributed by atoms with E-state index in [9.17, 15) is 73.5 Å². The van der Waals surface area contributed by atoms with Crippen molar-refractivity contribution in [3.8, 4) is 5.75 Å². The average Bonchev–Trinajstić information content (AvgIpc) is 3.29. The van der Waals surface area contributed by atoms with E-state index in [1.54, 1.807) is 60.7 Å². The number of aliphatic carboxylic acids is 2. The van der Waals surface area contributed by atoms with Crippen LogP contribution in [-0.2, 0) is 67.2 Å². The molecule has 69 heavy (non-hydrogen) atoms. The summed E-state index contributed by atoms with van der Waals surface area (Å²) in [5.41, 5.74) is 12.2. The van der Waals surface area contributed by atoms with Crippen LogP contribution in [0.5, 0.6) is 5.75 Å². The number of rotatable bonds is 27. The highest BCUT2D eigenvalue weighted by Crippen LogP contribution is 2.13. The molecule has 3 aromatic carbocycles. The molecule has 0 saturated heterocycles. The fraction of sp³-hybridized carbons (Fsp3) is 0.378. The van der Waals surface area contributed by atoms with Gasteiger partial charge in [0.15, 0.2) is 0 Å². The normalized spacial score (nSPS) is 14.8. The number of primary amides is 1. The van der Waals surface area contributed by atoms with Crippen molar-refractivity contribution in [2.24, 2.45) is 11.5 Å². The van der Waals surface area contributed by atoms with E-state index in [0.717, 1.165) is 6.92 Å². The van der Waals surface area contributed by atoms with Crippen LogP contribution in [0.15, 0.2) is 84.9 Å². The van der Waals surface area contributed by atoms with E-state index in [1.165, 1.54) is 31.2 Å². The summed E-state index contributed by atoms with van der Waals surface area (Å²) in [5, 5.41) is 66.3. The Labute approximate surface area is 395 Å². The Morgan fingerprint density at radius 2 is 0.841 bits per heavy atom. The summed E-state index contributed by atoms with van der Waals surface area (Å²) in [5.74, 6) is -12.3. The third-order valence-corrected chi connectivity index (χ3v) is 10.2. The first-order chi connectivity index (χ1) is 32.6. The number of aliphatic hydroxyl groups excluding tert-OH is 2. The Bertz CT molecular complexity index is 2280. The third kappa shape index (κ3) is 18.7. The van der Waals surface area contributed by atoms with Gasteiger partial charge in [-0.1, -0.05) is 72.8 Å². The van der Waals surface area contributed by atoms with Crippen LogP contribution in [0.25, 0.3) is 0 Å². The molecule has 0 saturated carbocycles. The Hall–Kier alpha value is -7.96. The van der Waals surface area contributed by atoms with Crippen molar-refractivity contribution in [3.05, 3.63) is 102 Å². The van der Waals surface area contributed by atoms with Gasteiger partial charge in [-0.2, -0.15) is 0 Å². The van der Waals surface area contributed by atoms with Crippen molar-refractivity contribution in [2.75, 3.05) is 6.54 Å². The van der Waals surface area contributed by atoms with E-state index in [1.807, 2.05) is 0 Å². The lowest BCUT2D eigenvalue weighted by Crippen LogP contribution is -2.63. The number of nitrogens with one attached hydrogen (secondary N) is 7. The monoisotopic (exact) mass is 963 g/mol. The van der Waals surface area contributed by atoms with Crippen molar-refractivity contribution in [2.45, 2.75) is 100 Å². The molecular weight excluding hydrogens is 907 g/mol. The lowest BCUT2D eigenvalue weighted by Gasteiger charge is -2.29. The molecule has 8 amide bonds. The molecule has 9 atom stereocenters. The van der Waals surface area contributed by atoms with Crippen molar-refractivity contribution in [1.82, 2.24) is 37.2 Å². The van der Waals surface area contributed by atoms with Gasteiger partial charge in [0, 0.05) is 19.3 Å². The predicted octanol–water partition coefficient (Wildman–Crippen LogP) is -4.03. The van der Waals surface area contributed by atoms with Gasteiger partial charge in [-0.25, -0.2) is 4.79 Å². The highest BCUT2D eigenvalue weighted by Gasteiger charge is 2.37. The predicted molar refractivity (Wildman–Crippen MR) is 242 cm³/mol. The number of carboxylic acid groups (broad SMARTS) is 2. The SMILES string of the molecule is C[C@@H](O)[C@H](NC(=O)[C@H](Cc1ccccc1)NC(=O)[C@@H](NC(=O)[C@H](Cc1ccccc1)NC(=O)CN)[C@@H](C)O)C(=O)N[C@@H](CC(=O)O)C(=O)N[C@@H](CC(N)=O)C(=O)N[C@@H](Cc1ccc(O)cc1)C(=O)O. The standard InChI is InChI=1S/C45H57N9O15/c1-23(55)37(53-41(64)29(48-35(59)22-46)17-25-9-5-3-6-10-25)43(66)50-30(18-26-11-7-4-8-12-26)42(65)54-38(24(2)56)44(67)51-32(21-36(60)61)40(63)49-31(20-34(47)58)39(62)52-33(45(68)69)19-27-13-15-28(57)16-14-27/h3-16,23-24,29-33,37-38,55-57H,17-22,46H2,1-2H3,(H2,47,58)(H,48,59)(H,49,63)(H,50,66)(H,51,67)(H,52,62)(H,53,64)(H,54,65)(H,60,61)(H,68,69)/t23-,24-,29+,30+,31+,32+,33+,37+,38+/m1/s1. The molecule has 16 N–H and O–H groups in total. The van der Waals surface area contributed by atoms with Crippen LogP contribution < -0.4 is 48.7 Å². The van der Waals surface area contributed by atoms with Crippen molar-refractivity contribution in [3.63, 3.8) is 0 Å². The van der Waals surface area contributed by atoms with Crippen molar-refractivity contribution < 1.29 is 73.5 Å². The van der Waals surface area contributed by atoms with Gasteiger partial charge in [-0.3, -0.25) is 43.2 Å². The van der Waals surface area contributed by atoms with Crippen LogP contribution in [0.2, 0.25) is 0 Å². The smallest absolute Gasteiger partial charge is 0.326 e. The topological polar surface area (TPSA) is 408 Å². The van der Waals surface area contributed by atoms with Gasteiger partial charge in [0.2, 0.25) is 47.3 Å². The maximum absolute atomic E-state index is 14.0. The first kappa shape index (κ1) is 55.4. The van der Waals surface area contributed by atoms with Crippen LogP contribution in [0.4, 0.5) is 0 Å². The minimum absolute atomic E-state index is 0.0388. The first-order valence-corrected chi connectivity index (χ1v) is 21.3. The largest absolute Gasteiger partial charge is 0.508 e. The van der Waals surface area contributed by atoms with E-state index in [4.69, 9.17) is 11.5 Å². The summed E-state index contributed by atoms with van der Waals surface area (Å²) >= 11 is 0. The van der Waals surface area contributed by atoms with Crippen LogP contribution in [0.3, 0.4) is 0 Å². The lowest BCUT2D eigenvalue weighted by molar-refractivity contribution is -0.143.